The fourth-order valence-electron chi connectivity index (χ4n) is 5.75. The van der Waals surface area contributed by atoms with Gasteiger partial charge in [0.25, 0.3) is 5.69 Å². The first-order valence-electron chi connectivity index (χ1n) is 12.2. The number of carbonyl (C=O) groups is 2. The van der Waals surface area contributed by atoms with Crippen molar-refractivity contribution < 1.29 is 19.2 Å². The second kappa shape index (κ2) is 9.03. The van der Waals surface area contributed by atoms with Crippen LogP contribution in [0.1, 0.15) is 22.9 Å². The number of non-ortho nitro benzene ring substituents is 1. The van der Waals surface area contributed by atoms with Crippen LogP contribution in [-0.2, 0) is 20.7 Å². The van der Waals surface area contributed by atoms with Crippen molar-refractivity contribution in [1.82, 2.24) is 19.7 Å². The van der Waals surface area contributed by atoms with Crippen molar-refractivity contribution in [1.29, 1.82) is 0 Å². The van der Waals surface area contributed by atoms with E-state index >= 15 is 0 Å². The Balaban J connectivity index is 1.39. The Morgan fingerprint density at radius 1 is 1.06 bits per heavy atom. The molecule has 2 amide bonds. The average molecular weight is 490 g/mol. The molecular weight excluding hydrogens is 462 g/mol. The number of hydrogen-bond acceptors (Lipinski definition) is 6. The highest BCUT2D eigenvalue weighted by Gasteiger charge is 2.48. The lowest BCUT2D eigenvalue weighted by Gasteiger charge is -2.47. The molecule has 3 aromatic rings. The Labute approximate surface area is 207 Å². The molecule has 0 spiro atoms. The fourth-order valence-corrected chi connectivity index (χ4v) is 5.75. The number of H-pyrrole nitrogens is 1. The van der Waals surface area contributed by atoms with Crippen LogP contribution in [0.5, 0.6) is 0 Å². The fraction of sp³-hybridized carbons (Fsp3) is 0.385. The van der Waals surface area contributed by atoms with Crippen molar-refractivity contribution in [2.75, 3.05) is 45.9 Å². The van der Waals surface area contributed by atoms with Gasteiger partial charge in [0.15, 0.2) is 0 Å². The topological polar surface area (TPSA) is 112 Å². The second-order valence-electron chi connectivity index (χ2n) is 9.55. The summed E-state index contributed by atoms with van der Waals surface area (Å²) in [5.74, 6) is -0.225. The highest BCUT2D eigenvalue weighted by atomic mass is 16.6. The minimum atomic E-state index is -0.660. The number of benzene rings is 2. The quantitative estimate of drug-likeness (QED) is 0.434. The van der Waals surface area contributed by atoms with Gasteiger partial charge in [-0.05, 0) is 17.2 Å². The maximum Gasteiger partial charge on any atom is 0.269 e. The molecule has 10 nitrogen and oxygen atoms in total. The van der Waals surface area contributed by atoms with Gasteiger partial charge in [-0.1, -0.05) is 30.3 Å². The van der Waals surface area contributed by atoms with Gasteiger partial charge in [0, 0.05) is 61.3 Å². The summed E-state index contributed by atoms with van der Waals surface area (Å²) in [5.41, 5.74) is 3.29. The molecule has 0 radical (unpaired) electrons. The van der Waals surface area contributed by atoms with E-state index in [1.165, 1.54) is 12.1 Å². The SMILES string of the molecule is O=C1[C@@H]2Cc3c([nH]c4ccccc34)[C@H](c3cccc([N+](=O)[O-])c3)N2C(=O)CN1CCN1CCOCC1. The molecule has 0 bridgehead atoms. The molecule has 2 fully saturated rings. The molecule has 2 saturated heterocycles. The summed E-state index contributed by atoms with van der Waals surface area (Å²) in [6.07, 6.45) is 0.406. The molecule has 1 aromatic heterocycles. The standard InChI is InChI=1S/C26H27N5O5/c32-23-16-29(9-8-28-10-12-36-13-11-28)26(33)22-15-20-19-6-1-2-7-21(19)27-24(20)25(30(22)23)17-4-3-5-18(14-17)31(34)35/h1-7,14,22,25,27H,8-13,15-16H2/t22-,25-/m0/s1. The summed E-state index contributed by atoms with van der Waals surface area (Å²) < 4.78 is 5.41. The predicted octanol–water partition coefficient (Wildman–Crippen LogP) is 2.09. The number of ether oxygens (including phenoxy) is 1. The number of aromatic nitrogens is 1. The van der Waals surface area contributed by atoms with Crippen LogP contribution in [0, 0.1) is 10.1 Å². The number of nitro benzene ring substituents is 1. The molecule has 2 atom stereocenters. The molecule has 3 aliphatic heterocycles. The van der Waals surface area contributed by atoms with Crippen LogP contribution < -0.4 is 0 Å². The zero-order valence-corrected chi connectivity index (χ0v) is 19.8. The molecule has 0 saturated carbocycles. The number of aromatic amines is 1. The van der Waals surface area contributed by atoms with E-state index in [4.69, 9.17) is 4.74 Å². The molecular formula is C26H27N5O5. The van der Waals surface area contributed by atoms with Crippen molar-refractivity contribution in [3.8, 4) is 0 Å². The van der Waals surface area contributed by atoms with Crippen LogP contribution in [0.3, 0.4) is 0 Å². The summed E-state index contributed by atoms with van der Waals surface area (Å²) in [6, 6.07) is 13.0. The van der Waals surface area contributed by atoms with Crippen LogP contribution in [0.2, 0.25) is 0 Å². The Morgan fingerprint density at radius 2 is 1.86 bits per heavy atom. The van der Waals surface area contributed by atoms with Gasteiger partial charge >= 0.3 is 0 Å². The first-order valence-corrected chi connectivity index (χ1v) is 12.2. The molecule has 3 aliphatic rings. The maximum absolute atomic E-state index is 13.8. The van der Waals surface area contributed by atoms with E-state index in [1.54, 1.807) is 21.9 Å². The normalized spacial score (nSPS) is 22.6. The molecule has 4 heterocycles. The number of amides is 2. The van der Waals surface area contributed by atoms with E-state index in [1.807, 2.05) is 24.3 Å². The lowest BCUT2D eigenvalue weighted by Crippen LogP contribution is -2.63. The Morgan fingerprint density at radius 3 is 2.67 bits per heavy atom. The first-order chi connectivity index (χ1) is 17.5. The molecule has 6 rings (SSSR count). The molecule has 2 aromatic carbocycles. The number of piperazine rings is 1. The summed E-state index contributed by atoms with van der Waals surface area (Å²) >= 11 is 0. The summed E-state index contributed by atoms with van der Waals surface area (Å²) in [7, 11) is 0. The third kappa shape index (κ3) is 3.82. The number of nitrogens with zero attached hydrogens (tertiary/aromatic N) is 4. The first kappa shape index (κ1) is 22.7. The van der Waals surface area contributed by atoms with Crippen LogP contribution >= 0.6 is 0 Å². The van der Waals surface area contributed by atoms with Gasteiger partial charge in [-0.25, -0.2) is 0 Å². The van der Waals surface area contributed by atoms with E-state index in [9.17, 15) is 19.7 Å². The van der Waals surface area contributed by atoms with Gasteiger partial charge in [0.05, 0.1) is 30.7 Å². The number of para-hydroxylation sites is 1. The Bertz CT molecular complexity index is 1350. The maximum atomic E-state index is 13.8. The lowest BCUT2D eigenvalue weighted by molar-refractivity contribution is -0.384. The van der Waals surface area contributed by atoms with Crippen molar-refractivity contribution in [3.63, 3.8) is 0 Å². The monoisotopic (exact) mass is 489 g/mol. The van der Waals surface area contributed by atoms with E-state index in [0.29, 0.717) is 38.3 Å². The van der Waals surface area contributed by atoms with Crippen LogP contribution in [0.4, 0.5) is 5.69 Å². The third-order valence-corrected chi connectivity index (χ3v) is 7.53. The van der Waals surface area contributed by atoms with Gasteiger partial charge in [0.2, 0.25) is 11.8 Å². The lowest BCUT2D eigenvalue weighted by atomic mass is 9.86. The minimum Gasteiger partial charge on any atom is -0.379 e. The van der Waals surface area contributed by atoms with Gasteiger partial charge in [-0.15, -0.1) is 0 Å². The zero-order chi connectivity index (χ0) is 24.8. The van der Waals surface area contributed by atoms with Crippen LogP contribution in [0.25, 0.3) is 10.9 Å². The van der Waals surface area contributed by atoms with Crippen LogP contribution in [-0.4, -0.2) is 88.4 Å². The minimum absolute atomic E-state index is 0.000657. The molecule has 186 valence electrons. The van der Waals surface area contributed by atoms with Gasteiger partial charge in [-0.2, -0.15) is 0 Å². The number of nitrogens with one attached hydrogen (secondary N) is 1. The van der Waals surface area contributed by atoms with Crippen molar-refractivity contribution in [3.05, 3.63) is 75.5 Å². The number of carbonyl (C=O) groups excluding carboxylic acids is 2. The zero-order valence-electron chi connectivity index (χ0n) is 19.8. The molecule has 0 unspecified atom stereocenters. The van der Waals surface area contributed by atoms with Gasteiger partial charge in [0.1, 0.15) is 6.04 Å². The van der Waals surface area contributed by atoms with Crippen molar-refractivity contribution in [2.45, 2.75) is 18.5 Å². The number of rotatable bonds is 5. The van der Waals surface area contributed by atoms with Crippen molar-refractivity contribution in [2.24, 2.45) is 0 Å². The molecule has 0 aliphatic carbocycles. The summed E-state index contributed by atoms with van der Waals surface area (Å²) in [6.45, 7) is 4.17. The highest BCUT2D eigenvalue weighted by molar-refractivity contribution is 5.97. The Kier molecular flexibility index (Phi) is 5.69. The van der Waals surface area contributed by atoms with E-state index in [-0.39, 0.29) is 24.0 Å². The summed E-state index contributed by atoms with van der Waals surface area (Å²) in [4.78, 5) is 47.5. The number of hydrogen-bond donors (Lipinski definition) is 1. The smallest absolute Gasteiger partial charge is 0.269 e. The molecule has 1 N–H and O–H groups in total. The van der Waals surface area contributed by atoms with E-state index in [2.05, 4.69) is 9.88 Å². The van der Waals surface area contributed by atoms with Gasteiger partial charge in [-0.3, -0.25) is 24.6 Å². The average Bonchev–Trinajstić information content (AvgIpc) is 3.28. The predicted molar refractivity (Wildman–Crippen MR) is 131 cm³/mol. The third-order valence-electron chi connectivity index (χ3n) is 7.53. The number of nitro groups is 1. The number of morpholine rings is 1. The molecule has 10 heteroatoms. The van der Waals surface area contributed by atoms with E-state index in [0.717, 1.165) is 35.2 Å². The van der Waals surface area contributed by atoms with Crippen molar-refractivity contribution >= 4 is 28.4 Å². The number of fused-ring (bicyclic) bond motifs is 4. The molecule has 36 heavy (non-hydrogen) atoms. The highest BCUT2D eigenvalue weighted by Crippen LogP contribution is 2.43. The summed E-state index contributed by atoms with van der Waals surface area (Å²) in [5, 5.41) is 12.5. The second-order valence-corrected chi connectivity index (χ2v) is 9.55. The Hall–Kier alpha value is -3.76. The largest absolute Gasteiger partial charge is 0.379 e. The van der Waals surface area contributed by atoms with Crippen LogP contribution in [0.15, 0.2) is 48.5 Å². The van der Waals surface area contributed by atoms with E-state index < -0.39 is 17.0 Å². The van der Waals surface area contributed by atoms with Gasteiger partial charge < -0.3 is 19.5 Å².